The van der Waals surface area contributed by atoms with Gasteiger partial charge in [0.05, 0.1) is 21.2 Å². The van der Waals surface area contributed by atoms with Crippen LogP contribution in [0, 0.1) is 24.0 Å². The van der Waals surface area contributed by atoms with Gasteiger partial charge in [-0.05, 0) is 55.3 Å². The average molecular weight is 474 g/mol. The van der Waals surface area contributed by atoms with Crippen molar-refractivity contribution in [3.63, 3.8) is 0 Å². The van der Waals surface area contributed by atoms with Crippen LogP contribution in [-0.2, 0) is 14.8 Å². The molecule has 0 radical (unpaired) electrons. The highest BCUT2D eigenvalue weighted by Crippen LogP contribution is 2.28. The zero-order valence-corrected chi connectivity index (χ0v) is 18.9. The molecule has 0 saturated carbocycles. The lowest BCUT2D eigenvalue weighted by atomic mass is 10.2. The van der Waals surface area contributed by atoms with Crippen LogP contribution < -0.4 is 9.62 Å². The second kappa shape index (κ2) is 9.37. The van der Waals surface area contributed by atoms with Crippen molar-refractivity contribution in [1.82, 2.24) is 0 Å². The number of anilines is 2. The van der Waals surface area contributed by atoms with Crippen LogP contribution in [0.4, 0.5) is 17.1 Å². The SMILES string of the molecule is Cc1ccc([N+](=O)[O-])cc1NC(=O)CN(c1ccccc1C)S(=O)(=O)c1ccc(Cl)cc1. The van der Waals surface area contributed by atoms with E-state index in [2.05, 4.69) is 5.32 Å². The monoisotopic (exact) mass is 473 g/mol. The third-order valence-corrected chi connectivity index (χ3v) is 6.80. The maximum atomic E-state index is 13.4. The normalized spacial score (nSPS) is 11.1. The van der Waals surface area contributed by atoms with Gasteiger partial charge >= 0.3 is 0 Å². The third kappa shape index (κ3) is 5.06. The molecule has 166 valence electrons. The van der Waals surface area contributed by atoms with Crippen LogP contribution in [-0.4, -0.2) is 25.8 Å². The molecule has 8 nitrogen and oxygen atoms in total. The summed E-state index contributed by atoms with van der Waals surface area (Å²) < 4.78 is 27.8. The predicted molar refractivity (Wildman–Crippen MR) is 124 cm³/mol. The summed E-state index contributed by atoms with van der Waals surface area (Å²) in [6.07, 6.45) is 0. The Hall–Kier alpha value is -3.43. The number of para-hydroxylation sites is 1. The fourth-order valence-electron chi connectivity index (χ4n) is 3.06. The van der Waals surface area contributed by atoms with Crippen molar-refractivity contribution >= 4 is 44.6 Å². The number of sulfonamides is 1. The second-order valence-corrected chi connectivity index (χ2v) is 9.36. The van der Waals surface area contributed by atoms with Gasteiger partial charge in [0.25, 0.3) is 15.7 Å². The van der Waals surface area contributed by atoms with E-state index >= 15 is 0 Å². The zero-order valence-electron chi connectivity index (χ0n) is 17.3. The van der Waals surface area contributed by atoms with Gasteiger partial charge in [-0.3, -0.25) is 19.2 Å². The molecule has 32 heavy (non-hydrogen) atoms. The van der Waals surface area contributed by atoms with Gasteiger partial charge in [0.2, 0.25) is 5.91 Å². The number of non-ortho nitro benzene ring substituents is 1. The van der Waals surface area contributed by atoms with E-state index < -0.39 is 27.4 Å². The van der Waals surface area contributed by atoms with Gasteiger partial charge in [-0.1, -0.05) is 35.9 Å². The molecule has 0 heterocycles. The third-order valence-electron chi connectivity index (χ3n) is 4.78. The standard InChI is InChI=1S/C22H20ClN3O5S/c1-15-7-10-18(26(28)29)13-20(15)24-22(27)14-25(21-6-4-3-5-16(21)2)32(30,31)19-11-8-17(23)9-12-19/h3-13H,14H2,1-2H3,(H,24,27). The van der Waals surface area contributed by atoms with Crippen LogP contribution in [0.3, 0.4) is 0 Å². The van der Waals surface area contributed by atoms with Gasteiger partial charge in [0.15, 0.2) is 0 Å². The van der Waals surface area contributed by atoms with E-state index in [1.807, 2.05) is 0 Å². The fraction of sp³-hybridized carbons (Fsp3) is 0.136. The number of carbonyl (C=O) groups excluding carboxylic acids is 1. The van der Waals surface area contributed by atoms with Crippen LogP contribution in [0.5, 0.6) is 0 Å². The van der Waals surface area contributed by atoms with Crippen molar-refractivity contribution < 1.29 is 18.1 Å². The molecule has 10 heteroatoms. The number of nitrogens with zero attached hydrogens (tertiary/aromatic N) is 2. The molecular weight excluding hydrogens is 454 g/mol. The van der Waals surface area contributed by atoms with Crippen LogP contribution >= 0.6 is 11.6 Å². The number of nitro groups is 1. The summed E-state index contributed by atoms with van der Waals surface area (Å²) in [5, 5.41) is 14.0. The summed E-state index contributed by atoms with van der Waals surface area (Å²) >= 11 is 5.89. The summed E-state index contributed by atoms with van der Waals surface area (Å²) in [6.45, 7) is 2.89. The maximum Gasteiger partial charge on any atom is 0.271 e. The molecule has 0 fully saturated rings. The van der Waals surface area contributed by atoms with Gasteiger partial charge in [-0.25, -0.2) is 8.42 Å². The lowest BCUT2D eigenvalue weighted by Gasteiger charge is -2.25. The number of amides is 1. The Morgan fingerprint density at radius 2 is 1.69 bits per heavy atom. The average Bonchev–Trinajstić information content (AvgIpc) is 2.74. The number of aryl methyl sites for hydroxylation is 2. The topological polar surface area (TPSA) is 110 Å². The number of nitrogens with one attached hydrogen (secondary N) is 1. The van der Waals surface area contributed by atoms with Crippen molar-refractivity contribution in [2.75, 3.05) is 16.2 Å². The number of hydrogen-bond acceptors (Lipinski definition) is 5. The van der Waals surface area contributed by atoms with E-state index in [0.717, 1.165) is 4.31 Å². The molecule has 3 aromatic rings. The molecule has 0 spiro atoms. The lowest BCUT2D eigenvalue weighted by Crippen LogP contribution is -2.38. The van der Waals surface area contributed by atoms with Gasteiger partial charge in [0, 0.05) is 17.2 Å². The molecule has 0 aromatic heterocycles. The minimum atomic E-state index is -4.11. The predicted octanol–water partition coefficient (Wildman–Crippen LogP) is 4.70. The molecule has 0 unspecified atom stereocenters. The molecule has 0 saturated heterocycles. The second-order valence-electron chi connectivity index (χ2n) is 7.06. The summed E-state index contributed by atoms with van der Waals surface area (Å²) in [5.74, 6) is -0.644. The van der Waals surface area contributed by atoms with Crippen LogP contribution in [0.25, 0.3) is 0 Å². The van der Waals surface area contributed by atoms with E-state index in [1.54, 1.807) is 38.1 Å². The molecule has 0 bridgehead atoms. The van der Waals surface area contributed by atoms with E-state index in [0.29, 0.717) is 21.8 Å². The summed E-state index contributed by atoms with van der Waals surface area (Å²) in [5.41, 5.74) is 1.65. The first-order chi connectivity index (χ1) is 15.1. The number of hydrogen-bond donors (Lipinski definition) is 1. The zero-order chi connectivity index (χ0) is 23.5. The molecule has 1 amide bonds. The summed E-state index contributed by atoms with van der Waals surface area (Å²) in [7, 11) is -4.11. The van der Waals surface area contributed by atoms with E-state index in [9.17, 15) is 23.3 Å². The first kappa shape index (κ1) is 23.2. The minimum absolute atomic E-state index is 0.0236. The number of halogens is 1. The van der Waals surface area contributed by atoms with Gasteiger partial charge in [0.1, 0.15) is 6.54 Å². The highest BCUT2D eigenvalue weighted by molar-refractivity contribution is 7.92. The Kier molecular flexibility index (Phi) is 6.81. The molecular formula is C22H20ClN3O5S. The Morgan fingerprint density at radius 1 is 1.03 bits per heavy atom. The van der Waals surface area contributed by atoms with Crippen LogP contribution in [0.1, 0.15) is 11.1 Å². The van der Waals surface area contributed by atoms with Gasteiger partial charge in [-0.2, -0.15) is 0 Å². The molecule has 0 aliphatic heterocycles. The molecule has 1 N–H and O–H groups in total. The Balaban J connectivity index is 1.98. The fourth-order valence-corrected chi connectivity index (χ4v) is 4.67. The molecule has 0 aliphatic carbocycles. The molecule has 3 aromatic carbocycles. The van der Waals surface area contributed by atoms with Crippen molar-refractivity contribution in [2.24, 2.45) is 0 Å². The lowest BCUT2D eigenvalue weighted by molar-refractivity contribution is -0.384. The Labute approximate surface area is 190 Å². The van der Waals surface area contributed by atoms with E-state index in [1.165, 1.54) is 42.5 Å². The van der Waals surface area contributed by atoms with Crippen molar-refractivity contribution in [1.29, 1.82) is 0 Å². The number of benzene rings is 3. The highest BCUT2D eigenvalue weighted by Gasteiger charge is 2.28. The van der Waals surface area contributed by atoms with E-state index in [4.69, 9.17) is 11.6 Å². The number of nitro benzene ring substituents is 1. The quantitative estimate of drug-likeness (QED) is 0.395. The first-order valence-electron chi connectivity index (χ1n) is 9.48. The number of rotatable bonds is 7. The highest BCUT2D eigenvalue weighted by atomic mass is 35.5. The molecule has 0 aliphatic rings. The van der Waals surface area contributed by atoms with E-state index in [-0.39, 0.29) is 16.3 Å². The van der Waals surface area contributed by atoms with Crippen LogP contribution in [0.15, 0.2) is 71.6 Å². The van der Waals surface area contributed by atoms with Gasteiger partial charge in [-0.15, -0.1) is 0 Å². The molecule has 0 atom stereocenters. The number of carbonyl (C=O) groups is 1. The minimum Gasteiger partial charge on any atom is -0.324 e. The first-order valence-corrected chi connectivity index (χ1v) is 11.3. The summed E-state index contributed by atoms with van der Waals surface area (Å²) in [4.78, 5) is 23.3. The summed E-state index contributed by atoms with van der Waals surface area (Å²) in [6, 6.07) is 16.5. The van der Waals surface area contributed by atoms with Crippen LogP contribution in [0.2, 0.25) is 5.02 Å². The Bertz CT molecular complexity index is 1280. The smallest absolute Gasteiger partial charge is 0.271 e. The maximum absolute atomic E-state index is 13.4. The largest absolute Gasteiger partial charge is 0.324 e. The van der Waals surface area contributed by atoms with Crippen molar-refractivity contribution in [3.05, 3.63) is 93.0 Å². The van der Waals surface area contributed by atoms with Crippen molar-refractivity contribution in [2.45, 2.75) is 18.7 Å². The van der Waals surface area contributed by atoms with Crippen molar-refractivity contribution in [3.8, 4) is 0 Å². The Morgan fingerprint density at radius 3 is 2.31 bits per heavy atom. The van der Waals surface area contributed by atoms with Gasteiger partial charge < -0.3 is 5.32 Å². The molecule has 3 rings (SSSR count).